The van der Waals surface area contributed by atoms with Crippen molar-refractivity contribution in [1.82, 2.24) is 9.78 Å². The lowest BCUT2D eigenvalue weighted by atomic mass is 10.2. The maximum absolute atomic E-state index is 13.3. The molecule has 17 heavy (non-hydrogen) atoms. The number of nitrogens with two attached hydrogens (primary N) is 1. The van der Waals surface area contributed by atoms with Crippen LogP contribution in [0.1, 0.15) is 17.0 Å². The Kier molecular flexibility index (Phi) is 3.07. The Morgan fingerprint density at radius 1 is 1.41 bits per heavy atom. The largest absolute Gasteiger partial charge is 0.396 e. The van der Waals surface area contributed by atoms with E-state index in [9.17, 15) is 4.39 Å². The van der Waals surface area contributed by atoms with Gasteiger partial charge in [-0.05, 0) is 25.5 Å². The average Bonchev–Trinajstić information content (AvgIpc) is 2.53. The van der Waals surface area contributed by atoms with Crippen molar-refractivity contribution in [2.75, 3.05) is 5.73 Å². The first-order chi connectivity index (χ1) is 8.00. The Hall–Kier alpha value is -1.55. The number of aromatic nitrogens is 2. The molecule has 0 aliphatic carbocycles. The molecule has 3 nitrogen and oxygen atoms in total. The summed E-state index contributed by atoms with van der Waals surface area (Å²) >= 11 is 5.89. The Bertz CT molecular complexity index is 563. The van der Waals surface area contributed by atoms with Gasteiger partial charge in [-0.3, -0.25) is 4.68 Å². The van der Waals surface area contributed by atoms with Crippen LogP contribution in [0.5, 0.6) is 0 Å². The predicted molar refractivity (Wildman–Crippen MR) is 66.6 cm³/mol. The summed E-state index contributed by atoms with van der Waals surface area (Å²) in [6.45, 7) is 4.13. The quantitative estimate of drug-likeness (QED) is 0.894. The van der Waals surface area contributed by atoms with Crippen LogP contribution in [0.2, 0.25) is 5.02 Å². The van der Waals surface area contributed by atoms with E-state index in [1.165, 1.54) is 6.07 Å². The molecule has 0 fully saturated rings. The predicted octanol–water partition coefficient (Wildman–Crippen LogP) is 2.92. The minimum Gasteiger partial charge on any atom is -0.396 e. The molecule has 2 N–H and O–H groups in total. The van der Waals surface area contributed by atoms with E-state index in [-0.39, 0.29) is 5.02 Å². The molecule has 0 spiro atoms. The number of halogens is 2. The van der Waals surface area contributed by atoms with Crippen molar-refractivity contribution in [3.63, 3.8) is 0 Å². The van der Waals surface area contributed by atoms with Gasteiger partial charge in [0.25, 0.3) is 0 Å². The molecule has 0 unspecified atom stereocenters. The van der Waals surface area contributed by atoms with Crippen molar-refractivity contribution >= 4 is 17.3 Å². The van der Waals surface area contributed by atoms with Gasteiger partial charge >= 0.3 is 0 Å². The maximum atomic E-state index is 13.3. The third kappa shape index (κ3) is 2.13. The van der Waals surface area contributed by atoms with Crippen LogP contribution < -0.4 is 5.73 Å². The molecule has 0 saturated carbocycles. The third-order valence-corrected chi connectivity index (χ3v) is 3.21. The molecule has 90 valence electrons. The van der Waals surface area contributed by atoms with Crippen molar-refractivity contribution in [3.05, 3.63) is 46.0 Å². The van der Waals surface area contributed by atoms with E-state index < -0.39 is 5.82 Å². The summed E-state index contributed by atoms with van der Waals surface area (Å²) in [6.07, 6.45) is 0. The molecule has 2 aromatic rings. The second-order valence-electron chi connectivity index (χ2n) is 3.96. The Balaban J connectivity index is 2.38. The van der Waals surface area contributed by atoms with E-state index in [0.29, 0.717) is 17.8 Å². The zero-order valence-corrected chi connectivity index (χ0v) is 10.4. The molecule has 1 aromatic heterocycles. The van der Waals surface area contributed by atoms with Crippen LogP contribution in [0.4, 0.5) is 10.1 Å². The maximum Gasteiger partial charge on any atom is 0.142 e. The fourth-order valence-corrected chi connectivity index (χ4v) is 1.88. The normalized spacial score (nSPS) is 10.8. The van der Waals surface area contributed by atoms with Crippen LogP contribution in [0.15, 0.2) is 18.2 Å². The fraction of sp³-hybridized carbons (Fsp3) is 0.250. The van der Waals surface area contributed by atoms with Gasteiger partial charge in [-0.25, -0.2) is 4.39 Å². The van der Waals surface area contributed by atoms with Crippen molar-refractivity contribution in [2.45, 2.75) is 20.4 Å². The zero-order chi connectivity index (χ0) is 12.6. The van der Waals surface area contributed by atoms with Crippen LogP contribution in [0.3, 0.4) is 0 Å². The fourth-order valence-electron chi connectivity index (χ4n) is 1.70. The number of nitrogens with zero attached hydrogens (tertiary/aromatic N) is 2. The van der Waals surface area contributed by atoms with Crippen LogP contribution in [-0.2, 0) is 6.54 Å². The minimum atomic E-state index is -0.418. The number of benzene rings is 1. The highest BCUT2D eigenvalue weighted by atomic mass is 35.5. The number of anilines is 1. The van der Waals surface area contributed by atoms with Crippen molar-refractivity contribution in [3.8, 4) is 0 Å². The summed E-state index contributed by atoms with van der Waals surface area (Å²) in [5.41, 5.74) is 8.83. The van der Waals surface area contributed by atoms with Gasteiger partial charge in [-0.1, -0.05) is 23.7 Å². The second kappa shape index (κ2) is 4.37. The molecule has 0 aliphatic rings. The number of hydrogen-bond acceptors (Lipinski definition) is 2. The number of nitrogen functional groups attached to an aromatic ring is 1. The molecule has 0 radical (unpaired) electrons. The van der Waals surface area contributed by atoms with E-state index in [4.69, 9.17) is 17.3 Å². The summed E-state index contributed by atoms with van der Waals surface area (Å²) in [5.74, 6) is -0.418. The lowest BCUT2D eigenvalue weighted by Gasteiger charge is -2.07. The standard InChI is InChI=1S/C12H13ClFN3/c1-7-12(15)8(2)17(16-7)6-9-4-3-5-10(14)11(9)13/h3-5H,6,15H2,1-2H3. The van der Waals surface area contributed by atoms with Gasteiger partial charge in [0, 0.05) is 0 Å². The van der Waals surface area contributed by atoms with Gasteiger partial charge in [0.2, 0.25) is 0 Å². The average molecular weight is 254 g/mol. The molecule has 0 amide bonds. The van der Waals surface area contributed by atoms with Gasteiger partial charge in [-0.2, -0.15) is 5.10 Å². The number of aryl methyl sites for hydroxylation is 1. The van der Waals surface area contributed by atoms with Crippen LogP contribution >= 0.6 is 11.6 Å². The van der Waals surface area contributed by atoms with Crippen molar-refractivity contribution < 1.29 is 4.39 Å². The van der Waals surface area contributed by atoms with E-state index in [1.807, 2.05) is 13.8 Å². The number of rotatable bonds is 2. The van der Waals surface area contributed by atoms with Crippen molar-refractivity contribution in [1.29, 1.82) is 0 Å². The van der Waals surface area contributed by atoms with Gasteiger partial charge in [0.05, 0.1) is 28.6 Å². The SMILES string of the molecule is Cc1nn(Cc2cccc(F)c2Cl)c(C)c1N. The highest BCUT2D eigenvalue weighted by Crippen LogP contribution is 2.22. The highest BCUT2D eigenvalue weighted by Gasteiger charge is 2.11. The van der Waals surface area contributed by atoms with E-state index in [0.717, 1.165) is 11.4 Å². The smallest absolute Gasteiger partial charge is 0.142 e. The lowest BCUT2D eigenvalue weighted by Crippen LogP contribution is -2.05. The minimum absolute atomic E-state index is 0.138. The van der Waals surface area contributed by atoms with Gasteiger partial charge in [-0.15, -0.1) is 0 Å². The first-order valence-electron chi connectivity index (χ1n) is 5.23. The first kappa shape index (κ1) is 11.9. The molecule has 0 atom stereocenters. The van der Waals surface area contributed by atoms with Crippen LogP contribution in [0.25, 0.3) is 0 Å². The number of hydrogen-bond donors (Lipinski definition) is 1. The molecule has 1 aromatic carbocycles. The summed E-state index contributed by atoms with van der Waals surface area (Å²) in [4.78, 5) is 0. The van der Waals surface area contributed by atoms with Crippen LogP contribution in [0, 0.1) is 19.7 Å². The Morgan fingerprint density at radius 2 is 2.12 bits per heavy atom. The zero-order valence-electron chi connectivity index (χ0n) is 9.67. The molecule has 0 bridgehead atoms. The third-order valence-electron chi connectivity index (χ3n) is 2.79. The molecule has 5 heteroatoms. The highest BCUT2D eigenvalue weighted by molar-refractivity contribution is 6.31. The van der Waals surface area contributed by atoms with Gasteiger partial charge in [0.1, 0.15) is 5.82 Å². The molecule has 2 rings (SSSR count). The summed E-state index contributed by atoms with van der Waals surface area (Å²) in [7, 11) is 0. The van der Waals surface area contributed by atoms with E-state index >= 15 is 0 Å². The van der Waals surface area contributed by atoms with E-state index in [2.05, 4.69) is 5.10 Å². The summed E-state index contributed by atoms with van der Waals surface area (Å²) in [6, 6.07) is 4.74. The molecule has 0 aliphatic heterocycles. The van der Waals surface area contributed by atoms with E-state index in [1.54, 1.807) is 16.8 Å². The molecule has 1 heterocycles. The lowest BCUT2D eigenvalue weighted by molar-refractivity contribution is 0.616. The summed E-state index contributed by atoms with van der Waals surface area (Å²) in [5, 5.41) is 4.42. The summed E-state index contributed by atoms with van der Waals surface area (Å²) < 4.78 is 15.0. The topological polar surface area (TPSA) is 43.8 Å². The monoisotopic (exact) mass is 253 g/mol. The molecular weight excluding hydrogens is 241 g/mol. The Morgan fingerprint density at radius 3 is 2.71 bits per heavy atom. The second-order valence-corrected chi connectivity index (χ2v) is 4.33. The molecule has 0 saturated heterocycles. The van der Waals surface area contributed by atoms with Gasteiger partial charge in [0.15, 0.2) is 0 Å². The molecular formula is C12H13ClFN3. The van der Waals surface area contributed by atoms with Crippen LogP contribution in [-0.4, -0.2) is 9.78 Å². The van der Waals surface area contributed by atoms with Gasteiger partial charge < -0.3 is 5.73 Å². The Labute approximate surface area is 104 Å². The van der Waals surface area contributed by atoms with Crippen molar-refractivity contribution in [2.24, 2.45) is 0 Å². The first-order valence-corrected chi connectivity index (χ1v) is 5.61.